The van der Waals surface area contributed by atoms with Gasteiger partial charge in [-0.15, -0.1) is 0 Å². The second kappa shape index (κ2) is 5.67. The molecule has 2 aliphatic carbocycles. The van der Waals surface area contributed by atoms with Crippen molar-refractivity contribution in [3.63, 3.8) is 0 Å². The molecule has 0 saturated heterocycles. The van der Waals surface area contributed by atoms with Crippen molar-refractivity contribution in [2.75, 3.05) is 6.61 Å². The van der Waals surface area contributed by atoms with Crippen LogP contribution in [0.15, 0.2) is 0 Å². The molecule has 0 aliphatic heterocycles. The van der Waals surface area contributed by atoms with E-state index in [1.807, 2.05) is 0 Å². The maximum absolute atomic E-state index is 11.7. The Labute approximate surface area is 97.6 Å². The molecule has 0 radical (unpaired) electrons. The average molecular weight is 225 g/mol. The van der Waals surface area contributed by atoms with Gasteiger partial charge in [0.05, 0.1) is 0 Å². The monoisotopic (exact) mass is 225 g/mol. The molecule has 1 amide bonds. The van der Waals surface area contributed by atoms with E-state index >= 15 is 0 Å². The Bertz CT molecular complexity index is 230. The number of nitrogens with one attached hydrogen (secondary N) is 1. The average Bonchev–Trinajstić information content (AvgIpc) is 2.18. The second-order valence-electron chi connectivity index (χ2n) is 5.37. The van der Waals surface area contributed by atoms with Gasteiger partial charge in [0, 0.05) is 18.6 Å². The summed E-state index contributed by atoms with van der Waals surface area (Å²) >= 11 is 0. The summed E-state index contributed by atoms with van der Waals surface area (Å²) in [5, 5.41) is 12.1. The Morgan fingerprint density at radius 2 is 1.81 bits per heavy atom. The van der Waals surface area contributed by atoms with Crippen molar-refractivity contribution in [2.45, 2.75) is 57.4 Å². The third kappa shape index (κ3) is 2.97. The molecular formula is C13H23NO2. The van der Waals surface area contributed by atoms with Gasteiger partial charge in [-0.2, -0.15) is 0 Å². The number of rotatable bonds is 4. The predicted octanol–water partition coefficient (Wildman–Crippen LogP) is 1.84. The lowest BCUT2D eigenvalue weighted by Crippen LogP contribution is -2.42. The van der Waals surface area contributed by atoms with Gasteiger partial charge in [0.2, 0.25) is 5.91 Å². The Morgan fingerprint density at radius 1 is 1.12 bits per heavy atom. The Kier molecular flexibility index (Phi) is 4.22. The molecular weight excluding hydrogens is 202 g/mol. The molecule has 3 nitrogen and oxygen atoms in total. The lowest BCUT2D eigenvalue weighted by molar-refractivity contribution is -0.128. The smallest absolute Gasteiger partial charge is 0.223 e. The molecule has 0 heterocycles. The summed E-state index contributed by atoms with van der Waals surface area (Å²) in [5.41, 5.74) is 0. The molecule has 2 saturated carbocycles. The van der Waals surface area contributed by atoms with Gasteiger partial charge in [-0.1, -0.05) is 6.42 Å². The SMILES string of the molecule is O=C(NC1CCC(CCO)CC1)C1CCC1. The molecule has 3 heteroatoms. The van der Waals surface area contributed by atoms with Crippen LogP contribution in [0, 0.1) is 11.8 Å². The largest absolute Gasteiger partial charge is 0.396 e. The summed E-state index contributed by atoms with van der Waals surface area (Å²) in [6.45, 7) is 0.309. The molecule has 0 spiro atoms. The fraction of sp³-hybridized carbons (Fsp3) is 0.923. The van der Waals surface area contributed by atoms with E-state index in [1.54, 1.807) is 0 Å². The highest BCUT2D eigenvalue weighted by Gasteiger charge is 2.28. The minimum Gasteiger partial charge on any atom is -0.396 e. The van der Waals surface area contributed by atoms with E-state index in [2.05, 4.69) is 5.32 Å². The Morgan fingerprint density at radius 3 is 2.31 bits per heavy atom. The third-order valence-corrected chi connectivity index (χ3v) is 4.21. The van der Waals surface area contributed by atoms with E-state index in [4.69, 9.17) is 5.11 Å². The normalized spacial score (nSPS) is 30.8. The van der Waals surface area contributed by atoms with Gasteiger partial charge < -0.3 is 10.4 Å². The minimum absolute atomic E-state index is 0.289. The highest BCUT2D eigenvalue weighted by molar-refractivity contribution is 5.79. The van der Waals surface area contributed by atoms with Crippen LogP contribution >= 0.6 is 0 Å². The number of carbonyl (C=O) groups excluding carboxylic acids is 1. The number of amides is 1. The van der Waals surface area contributed by atoms with Crippen molar-refractivity contribution >= 4 is 5.91 Å². The highest BCUT2D eigenvalue weighted by Crippen LogP contribution is 2.29. The van der Waals surface area contributed by atoms with Gasteiger partial charge >= 0.3 is 0 Å². The van der Waals surface area contributed by atoms with Crippen molar-refractivity contribution in [3.05, 3.63) is 0 Å². The third-order valence-electron chi connectivity index (χ3n) is 4.21. The zero-order valence-electron chi connectivity index (χ0n) is 9.95. The number of hydrogen-bond donors (Lipinski definition) is 2. The number of hydrogen-bond acceptors (Lipinski definition) is 2. The van der Waals surface area contributed by atoms with Gasteiger partial charge in [0.15, 0.2) is 0 Å². The lowest BCUT2D eigenvalue weighted by Gasteiger charge is -2.31. The molecule has 2 aliphatic rings. The van der Waals surface area contributed by atoms with Crippen LogP contribution in [0.4, 0.5) is 0 Å². The molecule has 0 aromatic carbocycles. The van der Waals surface area contributed by atoms with Crippen molar-refractivity contribution in [1.82, 2.24) is 5.32 Å². The highest BCUT2D eigenvalue weighted by atomic mass is 16.3. The molecule has 16 heavy (non-hydrogen) atoms. The van der Waals surface area contributed by atoms with Crippen LogP contribution in [0.2, 0.25) is 0 Å². The zero-order valence-corrected chi connectivity index (χ0v) is 9.95. The van der Waals surface area contributed by atoms with E-state index in [-0.39, 0.29) is 5.91 Å². The molecule has 0 aromatic rings. The van der Waals surface area contributed by atoms with E-state index in [9.17, 15) is 4.79 Å². The zero-order chi connectivity index (χ0) is 11.4. The van der Waals surface area contributed by atoms with Gasteiger partial charge in [0.1, 0.15) is 0 Å². The van der Waals surface area contributed by atoms with E-state index in [0.717, 1.165) is 44.9 Å². The van der Waals surface area contributed by atoms with Gasteiger partial charge in [-0.3, -0.25) is 4.79 Å². The summed E-state index contributed by atoms with van der Waals surface area (Å²) < 4.78 is 0. The first kappa shape index (κ1) is 11.9. The van der Waals surface area contributed by atoms with Gasteiger partial charge in [0.25, 0.3) is 0 Å². The maximum atomic E-state index is 11.7. The van der Waals surface area contributed by atoms with Gasteiger partial charge in [-0.05, 0) is 50.9 Å². The van der Waals surface area contributed by atoms with Crippen LogP contribution in [0.3, 0.4) is 0 Å². The van der Waals surface area contributed by atoms with Crippen LogP contribution in [-0.2, 0) is 4.79 Å². The van der Waals surface area contributed by atoms with Crippen LogP contribution in [0.5, 0.6) is 0 Å². The molecule has 92 valence electrons. The maximum Gasteiger partial charge on any atom is 0.223 e. The summed E-state index contributed by atoms with van der Waals surface area (Å²) in [6, 6.07) is 0.406. The molecule has 0 atom stereocenters. The van der Waals surface area contributed by atoms with E-state index in [0.29, 0.717) is 24.5 Å². The second-order valence-corrected chi connectivity index (χ2v) is 5.37. The molecule has 2 fully saturated rings. The summed E-state index contributed by atoms with van der Waals surface area (Å²) in [5.74, 6) is 1.29. The topological polar surface area (TPSA) is 49.3 Å². The van der Waals surface area contributed by atoms with Crippen LogP contribution in [0.25, 0.3) is 0 Å². The molecule has 0 unspecified atom stereocenters. The predicted molar refractivity (Wildman–Crippen MR) is 62.9 cm³/mol. The molecule has 2 N–H and O–H groups in total. The molecule has 0 aromatic heterocycles. The first-order valence-corrected chi connectivity index (χ1v) is 6.71. The first-order valence-electron chi connectivity index (χ1n) is 6.71. The fourth-order valence-corrected chi connectivity index (χ4v) is 2.77. The Balaban J connectivity index is 1.66. The van der Waals surface area contributed by atoms with Gasteiger partial charge in [-0.25, -0.2) is 0 Å². The fourth-order valence-electron chi connectivity index (χ4n) is 2.77. The summed E-state index contributed by atoms with van der Waals surface area (Å²) in [6.07, 6.45) is 8.86. The van der Waals surface area contributed by atoms with Crippen LogP contribution in [-0.4, -0.2) is 23.7 Å². The van der Waals surface area contributed by atoms with Crippen molar-refractivity contribution in [2.24, 2.45) is 11.8 Å². The quantitative estimate of drug-likeness (QED) is 0.767. The number of aliphatic hydroxyl groups excluding tert-OH is 1. The number of aliphatic hydroxyl groups is 1. The van der Waals surface area contributed by atoms with Crippen molar-refractivity contribution in [1.29, 1.82) is 0 Å². The van der Waals surface area contributed by atoms with Crippen LogP contribution in [0.1, 0.15) is 51.4 Å². The molecule has 2 rings (SSSR count). The summed E-state index contributed by atoms with van der Waals surface area (Å²) in [7, 11) is 0. The molecule has 0 bridgehead atoms. The first-order chi connectivity index (χ1) is 7.79. The van der Waals surface area contributed by atoms with E-state index in [1.165, 1.54) is 6.42 Å². The summed E-state index contributed by atoms with van der Waals surface area (Å²) in [4.78, 5) is 11.7. The Hall–Kier alpha value is -0.570. The van der Waals surface area contributed by atoms with Crippen molar-refractivity contribution < 1.29 is 9.90 Å². The standard InChI is InChI=1S/C13H23NO2/c15-9-8-10-4-6-12(7-5-10)14-13(16)11-2-1-3-11/h10-12,15H,1-9H2,(H,14,16). The number of carbonyl (C=O) groups is 1. The van der Waals surface area contributed by atoms with Crippen LogP contribution < -0.4 is 5.32 Å². The van der Waals surface area contributed by atoms with E-state index < -0.39 is 0 Å². The lowest BCUT2D eigenvalue weighted by atomic mass is 9.82. The minimum atomic E-state index is 0.289. The van der Waals surface area contributed by atoms with Crippen molar-refractivity contribution in [3.8, 4) is 0 Å².